The third kappa shape index (κ3) is 5.00. The van der Waals surface area contributed by atoms with E-state index in [1.54, 1.807) is 6.26 Å². The van der Waals surface area contributed by atoms with E-state index in [4.69, 9.17) is 43.6 Å². The molecule has 0 saturated carbocycles. The van der Waals surface area contributed by atoms with Crippen molar-refractivity contribution in [2.75, 3.05) is 0 Å². The summed E-state index contributed by atoms with van der Waals surface area (Å²) in [7, 11) is -4.06. The van der Waals surface area contributed by atoms with E-state index < -0.39 is 20.9 Å². The van der Waals surface area contributed by atoms with Crippen LogP contribution in [0.3, 0.4) is 0 Å². The van der Waals surface area contributed by atoms with Crippen LogP contribution in [-0.2, 0) is 16.6 Å². The maximum atomic E-state index is 11.0. The molecule has 120 valence electrons. The number of carbonyl (C=O) groups is 1. The molecule has 0 spiro atoms. The number of carboxylic acid groups (broad SMARTS) is 1. The molecule has 0 aliphatic rings. The van der Waals surface area contributed by atoms with Crippen molar-refractivity contribution in [2.45, 2.75) is 11.4 Å². The number of aromatic carboxylic acids is 1. The van der Waals surface area contributed by atoms with Crippen molar-refractivity contribution in [3.05, 3.63) is 51.9 Å². The standard InChI is InChI=1S/C7H5Cl2NO4S.C5H7NO/c8-4-2-5(9)6(15(10,13)14)1-3(4)7(11)12;6-4-5-2-1-3-7-5/h1-2H,(H,11,12)(H2,10,13,14);1-3H,4,6H2. The highest BCUT2D eigenvalue weighted by molar-refractivity contribution is 7.89. The largest absolute Gasteiger partial charge is 0.478 e. The molecular formula is C12H12Cl2N2O5S. The summed E-state index contributed by atoms with van der Waals surface area (Å²) >= 11 is 11.1. The van der Waals surface area contributed by atoms with Crippen LogP contribution in [-0.4, -0.2) is 19.5 Å². The van der Waals surface area contributed by atoms with E-state index in [0.29, 0.717) is 6.54 Å². The van der Waals surface area contributed by atoms with Crippen LogP contribution in [0.15, 0.2) is 39.8 Å². The minimum Gasteiger partial charge on any atom is -0.478 e. The van der Waals surface area contributed by atoms with E-state index in [1.807, 2.05) is 12.1 Å². The van der Waals surface area contributed by atoms with Crippen LogP contribution in [0.25, 0.3) is 0 Å². The summed E-state index contributed by atoms with van der Waals surface area (Å²) in [6.07, 6.45) is 1.61. The first-order valence-corrected chi connectivity index (χ1v) is 7.94. The van der Waals surface area contributed by atoms with Gasteiger partial charge in [0.15, 0.2) is 0 Å². The molecule has 0 radical (unpaired) electrons. The molecule has 10 heteroatoms. The van der Waals surface area contributed by atoms with Crippen LogP contribution >= 0.6 is 23.2 Å². The lowest BCUT2D eigenvalue weighted by molar-refractivity contribution is 0.0697. The number of hydrogen-bond acceptors (Lipinski definition) is 5. The molecule has 0 saturated heterocycles. The monoisotopic (exact) mass is 366 g/mol. The summed E-state index contributed by atoms with van der Waals surface area (Å²) in [6, 6.07) is 5.51. The summed E-state index contributed by atoms with van der Waals surface area (Å²) in [5.74, 6) is -0.526. The number of sulfonamides is 1. The Labute approximate surface area is 136 Å². The molecular weight excluding hydrogens is 355 g/mol. The van der Waals surface area contributed by atoms with Crippen molar-refractivity contribution < 1.29 is 22.7 Å². The van der Waals surface area contributed by atoms with Gasteiger partial charge in [0.05, 0.1) is 28.4 Å². The number of nitrogens with two attached hydrogens (primary N) is 2. The van der Waals surface area contributed by atoms with Gasteiger partial charge in [0.1, 0.15) is 10.7 Å². The van der Waals surface area contributed by atoms with Crippen molar-refractivity contribution >= 4 is 39.2 Å². The van der Waals surface area contributed by atoms with Gasteiger partial charge in [0.2, 0.25) is 10.0 Å². The van der Waals surface area contributed by atoms with Crippen molar-refractivity contribution in [2.24, 2.45) is 10.9 Å². The molecule has 2 aromatic rings. The Balaban J connectivity index is 0.000000287. The lowest BCUT2D eigenvalue weighted by Gasteiger charge is -2.04. The van der Waals surface area contributed by atoms with Crippen molar-refractivity contribution in [1.82, 2.24) is 0 Å². The molecule has 1 aromatic heterocycles. The topological polar surface area (TPSA) is 137 Å². The van der Waals surface area contributed by atoms with Crippen LogP contribution < -0.4 is 10.9 Å². The molecule has 1 heterocycles. The van der Waals surface area contributed by atoms with E-state index >= 15 is 0 Å². The average molecular weight is 367 g/mol. The number of benzene rings is 1. The van der Waals surface area contributed by atoms with Gasteiger partial charge in [-0.15, -0.1) is 0 Å². The van der Waals surface area contributed by atoms with Crippen molar-refractivity contribution in [1.29, 1.82) is 0 Å². The van der Waals surface area contributed by atoms with E-state index in [2.05, 4.69) is 0 Å². The van der Waals surface area contributed by atoms with E-state index in [1.165, 1.54) is 0 Å². The Kier molecular flexibility index (Phi) is 6.39. The molecule has 0 aliphatic carbocycles. The number of hydrogen-bond donors (Lipinski definition) is 3. The molecule has 7 nitrogen and oxygen atoms in total. The Hall–Kier alpha value is -1.58. The molecule has 0 bridgehead atoms. The molecule has 0 fully saturated rings. The summed E-state index contributed by atoms with van der Waals surface area (Å²) in [6.45, 7) is 0.493. The van der Waals surface area contributed by atoms with Gasteiger partial charge in [-0.05, 0) is 24.3 Å². The number of primary sulfonamides is 1. The van der Waals surface area contributed by atoms with Crippen LogP contribution in [0.5, 0.6) is 0 Å². The zero-order chi connectivity index (χ0) is 16.9. The first-order valence-electron chi connectivity index (χ1n) is 5.64. The van der Waals surface area contributed by atoms with E-state index in [-0.39, 0.29) is 15.6 Å². The van der Waals surface area contributed by atoms with Crippen LogP contribution in [0, 0.1) is 0 Å². The minimum atomic E-state index is -4.06. The van der Waals surface area contributed by atoms with E-state index in [9.17, 15) is 13.2 Å². The maximum Gasteiger partial charge on any atom is 0.337 e. The second kappa shape index (κ2) is 7.61. The van der Waals surface area contributed by atoms with Gasteiger partial charge in [-0.3, -0.25) is 0 Å². The number of halogens is 2. The van der Waals surface area contributed by atoms with Gasteiger partial charge in [0.25, 0.3) is 0 Å². The smallest absolute Gasteiger partial charge is 0.337 e. The summed E-state index contributed by atoms with van der Waals surface area (Å²) in [5, 5.41) is 13.1. The highest BCUT2D eigenvalue weighted by Crippen LogP contribution is 2.27. The molecule has 5 N–H and O–H groups in total. The summed E-state index contributed by atoms with van der Waals surface area (Å²) in [5.41, 5.74) is 4.83. The molecule has 1 aromatic carbocycles. The maximum absolute atomic E-state index is 11.0. The fourth-order valence-electron chi connectivity index (χ4n) is 1.34. The number of rotatable bonds is 3. The zero-order valence-corrected chi connectivity index (χ0v) is 13.3. The van der Waals surface area contributed by atoms with E-state index in [0.717, 1.165) is 17.9 Å². The Morgan fingerprint density at radius 1 is 1.27 bits per heavy atom. The van der Waals surface area contributed by atoms with Crippen LogP contribution in [0.4, 0.5) is 0 Å². The van der Waals surface area contributed by atoms with Crippen LogP contribution in [0.1, 0.15) is 16.1 Å². The fourth-order valence-corrected chi connectivity index (χ4v) is 2.74. The predicted octanol–water partition coefficient (Wildman–Crippen LogP) is 2.08. The normalized spacial score (nSPS) is 10.7. The Morgan fingerprint density at radius 3 is 2.27 bits per heavy atom. The number of carboxylic acids is 1. The quantitative estimate of drug-likeness (QED) is 0.760. The third-order valence-corrected chi connectivity index (χ3v) is 4.03. The summed E-state index contributed by atoms with van der Waals surface area (Å²) < 4.78 is 26.9. The minimum absolute atomic E-state index is 0.153. The van der Waals surface area contributed by atoms with Gasteiger partial charge in [-0.25, -0.2) is 18.4 Å². The molecule has 0 aliphatic heterocycles. The molecule has 0 unspecified atom stereocenters. The predicted molar refractivity (Wildman–Crippen MR) is 81.4 cm³/mol. The first-order chi connectivity index (χ1) is 10.2. The highest BCUT2D eigenvalue weighted by Gasteiger charge is 2.19. The summed E-state index contributed by atoms with van der Waals surface area (Å²) in [4.78, 5) is 10.2. The molecule has 22 heavy (non-hydrogen) atoms. The molecule has 2 rings (SSSR count). The SMILES string of the molecule is NCc1ccco1.NS(=O)(=O)c1cc(C(=O)O)c(Cl)cc1Cl. The van der Waals surface area contributed by atoms with Gasteiger partial charge in [0, 0.05) is 0 Å². The van der Waals surface area contributed by atoms with Crippen LogP contribution in [0.2, 0.25) is 10.0 Å². The van der Waals surface area contributed by atoms with Gasteiger partial charge in [-0.2, -0.15) is 0 Å². The zero-order valence-electron chi connectivity index (χ0n) is 11.0. The Morgan fingerprint density at radius 2 is 1.91 bits per heavy atom. The van der Waals surface area contributed by atoms with Crippen molar-refractivity contribution in [3.63, 3.8) is 0 Å². The Bertz CT molecular complexity index is 760. The number of furan rings is 1. The highest BCUT2D eigenvalue weighted by atomic mass is 35.5. The van der Waals surface area contributed by atoms with Gasteiger partial charge < -0.3 is 15.3 Å². The molecule has 0 atom stereocenters. The molecule has 0 amide bonds. The fraction of sp³-hybridized carbons (Fsp3) is 0.0833. The van der Waals surface area contributed by atoms with Gasteiger partial charge >= 0.3 is 5.97 Å². The second-order valence-corrected chi connectivity index (χ2v) is 6.24. The van der Waals surface area contributed by atoms with Gasteiger partial charge in [-0.1, -0.05) is 23.2 Å². The lowest BCUT2D eigenvalue weighted by atomic mass is 10.2. The van der Waals surface area contributed by atoms with Crippen molar-refractivity contribution in [3.8, 4) is 0 Å². The third-order valence-electron chi connectivity index (χ3n) is 2.34. The lowest BCUT2D eigenvalue weighted by Crippen LogP contribution is -2.14. The average Bonchev–Trinajstić information content (AvgIpc) is 2.90. The second-order valence-electron chi connectivity index (χ2n) is 3.90. The first kappa shape index (κ1) is 18.5.